The minimum absolute atomic E-state index is 0.0849. The molecular weight excluding hydrogens is 484 g/mol. The van der Waals surface area contributed by atoms with Gasteiger partial charge in [-0.25, -0.2) is 0 Å². The summed E-state index contributed by atoms with van der Waals surface area (Å²) in [5.41, 5.74) is 7.57. The number of Topliss-reactive ketones (excluding diaryl/α,β-unsaturated/α-hetero) is 2. The van der Waals surface area contributed by atoms with E-state index in [4.69, 9.17) is 17.3 Å². The van der Waals surface area contributed by atoms with Crippen molar-refractivity contribution >= 4 is 40.5 Å². The van der Waals surface area contributed by atoms with Crippen molar-refractivity contribution in [2.24, 2.45) is 23.5 Å². The third kappa shape index (κ3) is 3.47. The van der Waals surface area contributed by atoms with Crippen molar-refractivity contribution in [3.63, 3.8) is 0 Å². The number of amides is 1. The second-order valence-corrected chi connectivity index (χ2v) is 10.2. The van der Waals surface area contributed by atoms with Crippen molar-refractivity contribution in [1.82, 2.24) is 0 Å². The van der Waals surface area contributed by atoms with Gasteiger partial charge in [-0.2, -0.15) is 0 Å². The Balaban J connectivity index is 1.71. The summed E-state index contributed by atoms with van der Waals surface area (Å²) in [6.07, 6.45) is 0.619. The number of fused-ring (bicyclic) bond motifs is 3. The molecule has 1 amide bonds. The summed E-state index contributed by atoms with van der Waals surface area (Å²) in [4.78, 5) is 39.8. The lowest BCUT2D eigenvalue weighted by molar-refractivity contribution is -0.127. The van der Waals surface area contributed by atoms with Crippen LogP contribution in [0.4, 0.5) is 5.69 Å². The Hall–Kier alpha value is -3.78. The standard InChI is InChI=1S/C27H25ClN2O6/c1-30(2)17-10-15(11-3-5-14(28)6-4-11)23(32)21-16(17)8-12-7-13-9-18(31)22(27(29)36)26(35)20(13)24(33)19(12)25(21)34/h3-6,10,12-13,20,32,34-35H,7-9H2,1-2H3,(H2,29,36)/t12-,13+,20?/m1/s1. The molecule has 1 unspecified atom stereocenters. The largest absolute Gasteiger partial charge is 0.511 e. The van der Waals surface area contributed by atoms with Gasteiger partial charge in [-0.3, -0.25) is 14.4 Å². The highest BCUT2D eigenvalue weighted by atomic mass is 35.5. The summed E-state index contributed by atoms with van der Waals surface area (Å²) in [5.74, 6) is -5.46. The average molecular weight is 509 g/mol. The second-order valence-electron chi connectivity index (χ2n) is 9.80. The summed E-state index contributed by atoms with van der Waals surface area (Å²) < 4.78 is 0. The Labute approximate surface area is 212 Å². The monoisotopic (exact) mass is 508 g/mol. The van der Waals surface area contributed by atoms with Gasteiger partial charge in [-0.05, 0) is 54.0 Å². The summed E-state index contributed by atoms with van der Waals surface area (Å²) in [6, 6.07) is 8.73. The van der Waals surface area contributed by atoms with E-state index in [0.717, 1.165) is 5.69 Å². The van der Waals surface area contributed by atoms with Crippen LogP contribution in [0.5, 0.6) is 5.75 Å². The maximum Gasteiger partial charge on any atom is 0.255 e. The highest BCUT2D eigenvalue weighted by molar-refractivity contribution is 6.30. The molecule has 2 aromatic rings. The molecule has 0 aromatic heterocycles. The molecular formula is C27H25ClN2O6. The van der Waals surface area contributed by atoms with Crippen LogP contribution in [-0.2, 0) is 20.8 Å². The van der Waals surface area contributed by atoms with Crippen molar-refractivity contribution in [1.29, 1.82) is 0 Å². The van der Waals surface area contributed by atoms with E-state index < -0.39 is 46.6 Å². The fourth-order valence-corrected chi connectivity index (χ4v) is 6.06. The van der Waals surface area contributed by atoms with E-state index in [-0.39, 0.29) is 29.1 Å². The van der Waals surface area contributed by atoms with Crippen molar-refractivity contribution < 1.29 is 29.7 Å². The SMILES string of the molecule is CN(C)c1cc(-c2ccc(Cl)cc2)c(O)c2c1C[C@H]1C[C@H]3CC(=O)C(C(N)=O)=C(O)C3C(=O)C1=C2O. The van der Waals surface area contributed by atoms with Gasteiger partial charge in [0.2, 0.25) is 0 Å². The number of nitrogens with two attached hydrogens (primary N) is 1. The van der Waals surface area contributed by atoms with E-state index in [0.29, 0.717) is 34.6 Å². The zero-order valence-corrected chi connectivity index (χ0v) is 20.5. The lowest BCUT2D eigenvalue weighted by atomic mass is 9.61. The zero-order valence-electron chi connectivity index (χ0n) is 19.7. The van der Waals surface area contributed by atoms with Crippen LogP contribution in [0.15, 0.2) is 47.2 Å². The summed E-state index contributed by atoms with van der Waals surface area (Å²) >= 11 is 6.03. The number of halogens is 1. The van der Waals surface area contributed by atoms with Crippen LogP contribution in [-0.4, -0.2) is 46.9 Å². The van der Waals surface area contributed by atoms with Crippen LogP contribution in [0.2, 0.25) is 5.02 Å². The molecule has 1 saturated carbocycles. The third-order valence-electron chi connectivity index (χ3n) is 7.50. The molecule has 3 aliphatic carbocycles. The van der Waals surface area contributed by atoms with Gasteiger partial charge in [-0.1, -0.05) is 23.7 Å². The average Bonchev–Trinajstić information content (AvgIpc) is 2.79. The number of phenolic OH excluding ortho intramolecular Hbond substituents is 1. The smallest absolute Gasteiger partial charge is 0.255 e. The molecule has 186 valence electrons. The first-order chi connectivity index (χ1) is 17.0. The maximum absolute atomic E-state index is 13.6. The van der Waals surface area contributed by atoms with Gasteiger partial charge in [-0.15, -0.1) is 0 Å². The number of nitrogens with zero attached hydrogens (tertiary/aromatic N) is 1. The third-order valence-corrected chi connectivity index (χ3v) is 7.75. The van der Waals surface area contributed by atoms with E-state index in [1.54, 1.807) is 24.3 Å². The predicted octanol–water partition coefficient (Wildman–Crippen LogP) is 3.70. The van der Waals surface area contributed by atoms with Crippen molar-refractivity contribution in [3.8, 4) is 16.9 Å². The molecule has 2 aromatic carbocycles. The lowest BCUT2D eigenvalue weighted by Gasteiger charge is -2.41. The van der Waals surface area contributed by atoms with Crippen LogP contribution >= 0.6 is 11.6 Å². The Morgan fingerprint density at radius 3 is 2.36 bits per heavy atom. The molecule has 5 N–H and O–H groups in total. The van der Waals surface area contributed by atoms with Crippen molar-refractivity contribution in [2.75, 3.05) is 19.0 Å². The number of aromatic hydroxyl groups is 1. The molecule has 8 nitrogen and oxygen atoms in total. The molecule has 0 saturated heterocycles. The van der Waals surface area contributed by atoms with Crippen LogP contribution in [0.3, 0.4) is 0 Å². The number of hydrogen-bond acceptors (Lipinski definition) is 7. The molecule has 0 spiro atoms. The number of aliphatic hydroxyl groups excluding tert-OH is 2. The highest BCUT2D eigenvalue weighted by Gasteiger charge is 2.51. The van der Waals surface area contributed by atoms with E-state index in [9.17, 15) is 29.7 Å². The van der Waals surface area contributed by atoms with Gasteiger partial charge >= 0.3 is 0 Å². The number of aliphatic hydroxyl groups is 2. The van der Waals surface area contributed by atoms with E-state index in [1.807, 2.05) is 25.1 Å². The normalized spacial score (nSPS) is 23.2. The van der Waals surface area contributed by atoms with Crippen molar-refractivity contribution in [2.45, 2.75) is 19.3 Å². The van der Waals surface area contributed by atoms with Gasteiger partial charge in [0.15, 0.2) is 11.6 Å². The van der Waals surface area contributed by atoms with Crippen LogP contribution in [0.25, 0.3) is 16.9 Å². The Morgan fingerprint density at radius 1 is 1.08 bits per heavy atom. The lowest BCUT2D eigenvalue weighted by Crippen LogP contribution is -2.44. The number of rotatable bonds is 3. The molecule has 0 radical (unpaired) electrons. The fraction of sp³-hybridized carbons (Fsp3) is 0.296. The number of carbonyl (C=O) groups excluding carboxylic acids is 3. The van der Waals surface area contributed by atoms with Crippen LogP contribution < -0.4 is 10.6 Å². The molecule has 5 rings (SSSR count). The fourth-order valence-electron chi connectivity index (χ4n) is 5.94. The first-order valence-electron chi connectivity index (χ1n) is 11.6. The Morgan fingerprint density at radius 2 is 1.75 bits per heavy atom. The van der Waals surface area contributed by atoms with Gasteiger partial charge in [0, 0.05) is 42.4 Å². The minimum atomic E-state index is -1.14. The number of anilines is 1. The predicted molar refractivity (Wildman–Crippen MR) is 135 cm³/mol. The molecule has 1 fully saturated rings. The Kier molecular flexibility index (Phi) is 5.59. The van der Waals surface area contributed by atoms with Crippen molar-refractivity contribution in [3.05, 3.63) is 63.4 Å². The van der Waals surface area contributed by atoms with E-state index in [1.165, 1.54) is 0 Å². The summed E-state index contributed by atoms with van der Waals surface area (Å²) in [6.45, 7) is 0. The number of allylic oxidation sites excluding steroid dienone is 2. The van der Waals surface area contributed by atoms with Crippen LogP contribution in [0.1, 0.15) is 24.0 Å². The first-order valence-corrected chi connectivity index (χ1v) is 11.9. The molecule has 3 atom stereocenters. The first kappa shape index (κ1) is 23.9. The summed E-state index contributed by atoms with van der Waals surface area (Å²) in [5, 5.41) is 34.0. The number of primary amides is 1. The number of hydrogen-bond donors (Lipinski definition) is 4. The molecule has 0 bridgehead atoms. The van der Waals surface area contributed by atoms with Gasteiger partial charge in [0.25, 0.3) is 5.91 Å². The highest BCUT2D eigenvalue weighted by Crippen LogP contribution is 2.53. The van der Waals surface area contributed by atoms with Gasteiger partial charge < -0.3 is 26.0 Å². The molecule has 36 heavy (non-hydrogen) atoms. The number of phenols is 1. The number of benzene rings is 2. The summed E-state index contributed by atoms with van der Waals surface area (Å²) in [7, 11) is 3.70. The second kappa shape index (κ2) is 8.41. The number of carbonyl (C=O) groups is 3. The molecule has 9 heteroatoms. The quantitative estimate of drug-likeness (QED) is 0.463. The van der Waals surface area contributed by atoms with E-state index >= 15 is 0 Å². The zero-order chi connectivity index (χ0) is 26.0. The van der Waals surface area contributed by atoms with Gasteiger partial charge in [0.05, 0.1) is 11.5 Å². The number of ketones is 2. The Bertz CT molecular complexity index is 1410. The molecule has 0 heterocycles. The molecule has 3 aliphatic rings. The van der Waals surface area contributed by atoms with E-state index in [2.05, 4.69) is 0 Å². The topological polar surface area (TPSA) is 141 Å². The minimum Gasteiger partial charge on any atom is -0.511 e. The maximum atomic E-state index is 13.6. The van der Waals surface area contributed by atoms with Crippen LogP contribution in [0, 0.1) is 17.8 Å². The van der Waals surface area contributed by atoms with Gasteiger partial charge in [0.1, 0.15) is 22.8 Å². The molecule has 0 aliphatic heterocycles.